The van der Waals surface area contributed by atoms with E-state index < -0.39 is 0 Å². The monoisotopic (exact) mass is 352 g/mol. The third-order valence-corrected chi connectivity index (χ3v) is 4.68. The predicted octanol–water partition coefficient (Wildman–Crippen LogP) is 4.92. The van der Waals surface area contributed by atoms with E-state index in [0.29, 0.717) is 0 Å². The molecule has 26 heavy (non-hydrogen) atoms. The Morgan fingerprint density at radius 1 is 1.19 bits per heavy atom. The molecule has 0 spiro atoms. The van der Waals surface area contributed by atoms with Crippen LogP contribution in [0.25, 0.3) is 10.9 Å². The van der Waals surface area contributed by atoms with Crippen molar-refractivity contribution >= 4 is 16.8 Å². The molecule has 2 N–H and O–H groups in total. The van der Waals surface area contributed by atoms with Crippen LogP contribution in [-0.2, 0) is 11.2 Å². The summed E-state index contributed by atoms with van der Waals surface area (Å²) in [5.41, 5.74) is 4.17. The van der Waals surface area contributed by atoms with Crippen molar-refractivity contribution in [2.75, 3.05) is 0 Å². The van der Waals surface area contributed by atoms with Crippen LogP contribution in [0.15, 0.2) is 48.7 Å². The number of aryl methyl sites for hydroxylation is 1. The second-order valence-corrected chi connectivity index (χ2v) is 6.97. The molecule has 0 aliphatic heterocycles. The average molecular weight is 352 g/mol. The van der Waals surface area contributed by atoms with Gasteiger partial charge in [0.15, 0.2) is 0 Å². The number of halogens is 1. The molecule has 0 saturated carbocycles. The lowest BCUT2D eigenvalue weighted by atomic mass is 9.87. The summed E-state index contributed by atoms with van der Waals surface area (Å²) in [7, 11) is 0. The lowest BCUT2D eigenvalue weighted by Gasteiger charge is -2.18. The number of hydrogen-bond donors (Lipinski definition) is 2. The second-order valence-electron chi connectivity index (χ2n) is 6.97. The van der Waals surface area contributed by atoms with Gasteiger partial charge in [0.2, 0.25) is 5.91 Å². The lowest BCUT2D eigenvalue weighted by molar-refractivity contribution is -0.121. The van der Waals surface area contributed by atoms with Crippen LogP contribution in [0.1, 0.15) is 49.8 Å². The van der Waals surface area contributed by atoms with Gasteiger partial charge in [-0.1, -0.05) is 37.3 Å². The highest BCUT2D eigenvalue weighted by Gasteiger charge is 2.22. The SMILES string of the molecule is CCc1cccc2c([C@H](CC(=O)NC(C)C)c3cccc(F)c3)c[nH]c12. The van der Waals surface area contributed by atoms with Crippen LogP contribution < -0.4 is 5.32 Å². The Kier molecular flexibility index (Phi) is 5.40. The molecule has 1 amide bonds. The fraction of sp³-hybridized carbons (Fsp3) is 0.318. The van der Waals surface area contributed by atoms with Gasteiger partial charge in [-0.2, -0.15) is 0 Å². The van der Waals surface area contributed by atoms with Crippen molar-refractivity contribution in [1.82, 2.24) is 10.3 Å². The van der Waals surface area contributed by atoms with Crippen LogP contribution in [0.5, 0.6) is 0 Å². The first-order chi connectivity index (χ1) is 12.5. The number of aromatic nitrogens is 1. The molecular weight excluding hydrogens is 327 g/mol. The number of amides is 1. The normalized spacial score (nSPS) is 12.5. The van der Waals surface area contributed by atoms with Crippen molar-refractivity contribution in [2.24, 2.45) is 0 Å². The summed E-state index contributed by atoms with van der Waals surface area (Å²) in [4.78, 5) is 15.8. The number of benzene rings is 2. The molecule has 2 aromatic carbocycles. The minimum absolute atomic E-state index is 0.0322. The summed E-state index contributed by atoms with van der Waals surface area (Å²) < 4.78 is 13.8. The number of carbonyl (C=O) groups is 1. The van der Waals surface area contributed by atoms with Gasteiger partial charge in [-0.3, -0.25) is 4.79 Å². The summed E-state index contributed by atoms with van der Waals surface area (Å²) in [6, 6.07) is 12.8. The molecule has 3 aromatic rings. The molecule has 1 heterocycles. The Labute approximate surface area is 153 Å². The van der Waals surface area contributed by atoms with Crippen LogP contribution in [0.4, 0.5) is 4.39 Å². The molecule has 0 fully saturated rings. The van der Waals surface area contributed by atoms with Gasteiger partial charge < -0.3 is 10.3 Å². The maximum Gasteiger partial charge on any atom is 0.221 e. The molecule has 3 nitrogen and oxygen atoms in total. The predicted molar refractivity (Wildman–Crippen MR) is 104 cm³/mol. The van der Waals surface area contributed by atoms with Gasteiger partial charge in [-0.15, -0.1) is 0 Å². The van der Waals surface area contributed by atoms with Crippen LogP contribution in [0, 0.1) is 5.82 Å². The fourth-order valence-corrected chi connectivity index (χ4v) is 3.52. The lowest BCUT2D eigenvalue weighted by Crippen LogP contribution is -2.31. The van der Waals surface area contributed by atoms with Gasteiger partial charge in [0, 0.05) is 35.5 Å². The number of aromatic amines is 1. The topological polar surface area (TPSA) is 44.9 Å². The van der Waals surface area contributed by atoms with Crippen LogP contribution in [0.2, 0.25) is 0 Å². The molecular formula is C22H25FN2O. The van der Waals surface area contributed by atoms with Crippen molar-refractivity contribution < 1.29 is 9.18 Å². The summed E-state index contributed by atoms with van der Waals surface area (Å²) in [5, 5.41) is 4.04. The summed E-state index contributed by atoms with van der Waals surface area (Å²) in [6.07, 6.45) is 3.17. The Morgan fingerprint density at radius 2 is 1.96 bits per heavy atom. The molecule has 0 unspecified atom stereocenters. The number of H-pyrrole nitrogens is 1. The molecule has 0 bridgehead atoms. The van der Waals surface area contributed by atoms with E-state index in [4.69, 9.17) is 0 Å². The van der Waals surface area contributed by atoms with Crippen molar-refractivity contribution in [2.45, 2.75) is 45.6 Å². The second kappa shape index (κ2) is 7.73. The largest absolute Gasteiger partial charge is 0.361 e. The molecule has 1 aromatic heterocycles. The van der Waals surface area contributed by atoms with E-state index in [1.807, 2.05) is 32.2 Å². The van der Waals surface area contributed by atoms with Crippen molar-refractivity contribution in [3.05, 3.63) is 71.2 Å². The number of para-hydroxylation sites is 1. The Hall–Kier alpha value is -2.62. The van der Waals surface area contributed by atoms with Gasteiger partial charge in [0.25, 0.3) is 0 Å². The molecule has 0 saturated heterocycles. The van der Waals surface area contributed by atoms with Gasteiger partial charge in [-0.25, -0.2) is 4.39 Å². The number of carbonyl (C=O) groups excluding carboxylic acids is 1. The number of rotatable bonds is 6. The standard InChI is InChI=1S/C22H25FN2O/c1-4-15-7-6-10-18-20(13-24-22(15)18)19(12-21(26)25-14(2)3)16-8-5-9-17(23)11-16/h5-11,13-14,19,24H,4,12H2,1-3H3,(H,25,26)/t19-/m1/s1. The fourth-order valence-electron chi connectivity index (χ4n) is 3.52. The highest BCUT2D eigenvalue weighted by molar-refractivity contribution is 5.88. The van der Waals surface area contributed by atoms with Crippen molar-refractivity contribution in [3.8, 4) is 0 Å². The van der Waals surface area contributed by atoms with E-state index >= 15 is 0 Å². The molecule has 0 aliphatic rings. The molecule has 3 rings (SSSR count). The van der Waals surface area contributed by atoms with Gasteiger partial charge in [0.05, 0.1) is 0 Å². The summed E-state index contributed by atoms with van der Waals surface area (Å²) in [6.45, 7) is 6.00. The molecule has 0 radical (unpaired) electrons. The maximum atomic E-state index is 13.8. The first kappa shape index (κ1) is 18.2. The van der Waals surface area contributed by atoms with Crippen LogP contribution in [0.3, 0.4) is 0 Å². The van der Waals surface area contributed by atoms with Crippen molar-refractivity contribution in [3.63, 3.8) is 0 Å². The van der Waals surface area contributed by atoms with Gasteiger partial charge in [0.1, 0.15) is 5.82 Å². The minimum atomic E-state index is -0.286. The van der Waals surface area contributed by atoms with E-state index in [1.165, 1.54) is 17.7 Å². The zero-order valence-corrected chi connectivity index (χ0v) is 15.5. The number of hydrogen-bond acceptors (Lipinski definition) is 1. The zero-order valence-electron chi connectivity index (χ0n) is 15.5. The summed E-state index contributed by atoms with van der Waals surface area (Å²) in [5.74, 6) is -0.522. The van der Waals surface area contributed by atoms with E-state index in [1.54, 1.807) is 6.07 Å². The Morgan fingerprint density at radius 3 is 2.65 bits per heavy atom. The van der Waals surface area contributed by atoms with Crippen LogP contribution in [-0.4, -0.2) is 16.9 Å². The smallest absolute Gasteiger partial charge is 0.221 e. The number of nitrogens with one attached hydrogen (secondary N) is 2. The Balaban J connectivity index is 2.07. The van der Waals surface area contributed by atoms with Gasteiger partial charge >= 0.3 is 0 Å². The minimum Gasteiger partial charge on any atom is -0.361 e. The van der Waals surface area contributed by atoms with E-state index in [2.05, 4.69) is 29.4 Å². The van der Waals surface area contributed by atoms with E-state index in [0.717, 1.165) is 28.5 Å². The molecule has 0 aliphatic carbocycles. The third-order valence-electron chi connectivity index (χ3n) is 4.68. The molecule has 136 valence electrons. The first-order valence-electron chi connectivity index (χ1n) is 9.13. The van der Waals surface area contributed by atoms with Crippen molar-refractivity contribution in [1.29, 1.82) is 0 Å². The van der Waals surface area contributed by atoms with E-state index in [9.17, 15) is 9.18 Å². The third kappa shape index (κ3) is 3.79. The quantitative estimate of drug-likeness (QED) is 0.650. The first-order valence-corrected chi connectivity index (χ1v) is 9.13. The molecule has 4 heteroatoms. The number of fused-ring (bicyclic) bond motifs is 1. The zero-order chi connectivity index (χ0) is 18.7. The highest BCUT2D eigenvalue weighted by atomic mass is 19.1. The summed E-state index contributed by atoms with van der Waals surface area (Å²) >= 11 is 0. The van der Waals surface area contributed by atoms with Gasteiger partial charge in [-0.05, 0) is 49.1 Å². The van der Waals surface area contributed by atoms with Crippen LogP contribution >= 0.6 is 0 Å². The Bertz CT molecular complexity index is 913. The maximum absolute atomic E-state index is 13.8. The van der Waals surface area contributed by atoms with E-state index in [-0.39, 0.29) is 30.1 Å². The average Bonchev–Trinajstić information content (AvgIpc) is 3.03. The molecule has 1 atom stereocenters. The highest BCUT2D eigenvalue weighted by Crippen LogP contribution is 2.34.